The van der Waals surface area contributed by atoms with Gasteiger partial charge in [-0.25, -0.2) is 9.63 Å². The van der Waals surface area contributed by atoms with E-state index in [1.807, 2.05) is 32.0 Å². The van der Waals surface area contributed by atoms with Gasteiger partial charge in [-0.15, -0.1) is 0 Å². The van der Waals surface area contributed by atoms with Crippen LogP contribution in [0, 0.1) is 0 Å². The number of carbonyl (C=O) groups is 2. The molecule has 3 aliphatic heterocycles. The molecule has 0 radical (unpaired) electrons. The van der Waals surface area contributed by atoms with Gasteiger partial charge in [-0.2, -0.15) is 0 Å². The van der Waals surface area contributed by atoms with E-state index in [0.29, 0.717) is 17.9 Å². The van der Waals surface area contributed by atoms with Crippen LogP contribution in [0.2, 0.25) is 0 Å². The number of hydroxylamine groups is 1. The van der Waals surface area contributed by atoms with Crippen molar-refractivity contribution in [3.63, 3.8) is 0 Å². The Balaban J connectivity index is 1.69. The molecule has 1 unspecified atom stereocenters. The van der Waals surface area contributed by atoms with E-state index in [1.165, 1.54) is 7.11 Å². The SMILES string of the molecule is COC(=O)C(=O)C1=CC2=[N+](C(C)c3ccc4c(c3)OCO4)OC1=C(C)C2. The minimum Gasteiger partial charge on any atom is -0.463 e. The summed E-state index contributed by atoms with van der Waals surface area (Å²) in [5.74, 6) is 0.245. The lowest BCUT2D eigenvalue weighted by atomic mass is 9.92. The highest BCUT2D eigenvalue weighted by molar-refractivity contribution is 6.42. The van der Waals surface area contributed by atoms with Gasteiger partial charge >= 0.3 is 5.97 Å². The van der Waals surface area contributed by atoms with Crippen molar-refractivity contribution in [2.24, 2.45) is 0 Å². The Morgan fingerprint density at radius 3 is 2.73 bits per heavy atom. The summed E-state index contributed by atoms with van der Waals surface area (Å²) in [6, 6.07) is 5.63. The molecule has 134 valence electrons. The summed E-state index contributed by atoms with van der Waals surface area (Å²) in [5, 5.41) is 0. The first-order chi connectivity index (χ1) is 12.5. The van der Waals surface area contributed by atoms with E-state index in [2.05, 4.69) is 4.74 Å². The molecular weight excluding hydrogens is 338 g/mol. The van der Waals surface area contributed by atoms with Gasteiger partial charge in [0.15, 0.2) is 11.5 Å². The molecule has 0 N–H and O–H groups in total. The van der Waals surface area contributed by atoms with Crippen LogP contribution in [0.5, 0.6) is 11.5 Å². The summed E-state index contributed by atoms with van der Waals surface area (Å²) in [4.78, 5) is 29.8. The predicted molar refractivity (Wildman–Crippen MR) is 89.8 cm³/mol. The van der Waals surface area contributed by atoms with Crippen LogP contribution in [0.1, 0.15) is 31.9 Å². The molecule has 7 nitrogen and oxygen atoms in total. The van der Waals surface area contributed by atoms with Crippen molar-refractivity contribution in [1.82, 2.24) is 0 Å². The second-order valence-electron chi connectivity index (χ2n) is 6.36. The number of methoxy groups -OCH3 is 1. The number of nitrogens with zero attached hydrogens (tertiary/aromatic N) is 1. The fourth-order valence-corrected chi connectivity index (χ4v) is 3.30. The van der Waals surface area contributed by atoms with E-state index in [9.17, 15) is 9.59 Å². The Labute approximate surface area is 150 Å². The zero-order valence-electron chi connectivity index (χ0n) is 14.7. The van der Waals surface area contributed by atoms with E-state index < -0.39 is 11.8 Å². The molecule has 1 atom stereocenters. The molecule has 1 aliphatic carbocycles. The Morgan fingerprint density at radius 2 is 2.00 bits per heavy atom. The number of Topliss-reactive ketones (excluding diaryl/α,β-unsaturated/α-hetero) is 1. The molecule has 7 heteroatoms. The Bertz CT molecular complexity index is 924. The molecule has 2 bridgehead atoms. The first-order valence-corrected chi connectivity index (χ1v) is 8.26. The van der Waals surface area contributed by atoms with Gasteiger partial charge in [-0.3, -0.25) is 4.79 Å². The maximum atomic E-state index is 12.2. The highest BCUT2D eigenvalue weighted by Crippen LogP contribution is 2.37. The van der Waals surface area contributed by atoms with Gasteiger partial charge in [0.05, 0.1) is 19.1 Å². The van der Waals surface area contributed by atoms with Crippen LogP contribution in [-0.4, -0.2) is 36.1 Å². The quantitative estimate of drug-likeness (QED) is 0.468. The highest BCUT2D eigenvalue weighted by Gasteiger charge is 2.42. The van der Waals surface area contributed by atoms with Gasteiger partial charge in [0.1, 0.15) is 0 Å². The van der Waals surface area contributed by atoms with Gasteiger partial charge in [0.2, 0.25) is 24.3 Å². The number of hydrogen-bond acceptors (Lipinski definition) is 6. The average molecular weight is 356 g/mol. The lowest BCUT2D eigenvalue weighted by Gasteiger charge is -2.24. The molecule has 1 aromatic carbocycles. The standard InChI is InChI=1S/C19H18NO6/c1-10-6-13-8-14(17(21)19(22)23-3)18(10)26-20(13)11(2)12-4-5-15-16(7-12)25-9-24-15/h4-5,7-8,11H,6,9H2,1-3H3/q+1. The zero-order chi connectivity index (χ0) is 18.4. The summed E-state index contributed by atoms with van der Waals surface area (Å²) >= 11 is 0. The molecular formula is C19H18NO6+. The van der Waals surface area contributed by atoms with Crippen LogP contribution in [0.4, 0.5) is 0 Å². The summed E-state index contributed by atoms with van der Waals surface area (Å²) in [5.41, 5.74) is 2.95. The fourth-order valence-electron chi connectivity index (χ4n) is 3.30. The van der Waals surface area contributed by atoms with Crippen LogP contribution in [-0.2, 0) is 19.2 Å². The van der Waals surface area contributed by atoms with Gasteiger partial charge < -0.3 is 14.2 Å². The molecule has 0 fully saturated rings. The van der Waals surface area contributed by atoms with Crippen LogP contribution in [0.3, 0.4) is 0 Å². The van der Waals surface area contributed by atoms with Crippen LogP contribution in [0.25, 0.3) is 0 Å². The number of ketones is 1. The van der Waals surface area contributed by atoms with Crippen LogP contribution < -0.4 is 9.47 Å². The second kappa shape index (κ2) is 6.01. The van der Waals surface area contributed by atoms with E-state index in [0.717, 1.165) is 22.6 Å². The van der Waals surface area contributed by atoms with Gasteiger partial charge in [-0.05, 0) is 35.4 Å². The van der Waals surface area contributed by atoms with Crippen molar-refractivity contribution >= 4 is 17.5 Å². The normalized spacial score (nSPS) is 18.5. The second-order valence-corrected chi connectivity index (χ2v) is 6.36. The third-order valence-corrected chi connectivity index (χ3v) is 4.71. The molecule has 5 rings (SSSR count). The average Bonchev–Trinajstić information content (AvgIpc) is 3.13. The van der Waals surface area contributed by atoms with Crippen molar-refractivity contribution in [2.45, 2.75) is 26.3 Å². The summed E-state index contributed by atoms with van der Waals surface area (Å²) in [6.07, 6.45) is 2.36. The van der Waals surface area contributed by atoms with Crippen molar-refractivity contribution in [1.29, 1.82) is 0 Å². The monoisotopic (exact) mass is 356 g/mol. The fraction of sp³-hybridized carbons (Fsp3) is 0.316. The summed E-state index contributed by atoms with van der Waals surface area (Å²) in [7, 11) is 1.19. The third kappa shape index (κ3) is 2.47. The van der Waals surface area contributed by atoms with Crippen LogP contribution >= 0.6 is 0 Å². The number of benzene rings is 1. The maximum Gasteiger partial charge on any atom is 0.379 e. The van der Waals surface area contributed by atoms with E-state index in [-0.39, 0.29) is 18.4 Å². The van der Waals surface area contributed by atoms with Crippen molar-refractivity contribution in [3.05, 3.63) is 46.7 Å². The smallest absolute Gasteiger partial charge is 0.379 e. The third-order valence-electron chi connectivity index (χ3n) is 4.71. The highest BCUT2D eigenvalue weighted by atomic mass is 16.7. The van der Waals surface area contributed by atoms with Crippen molar-refractivity contribution < 1.29 is 33.4 Å². The molecule has 4 aliphatic rings. The summed E-state index contributed by atoms with van der Waals surface area (Å²) < 4.78 is 17.1. The van der Waals surface area contributed by atoms with Gasteiger partial charge in [0.25, 0.3) is 5.78 Å². The van der Waals surface area contributed by atoms with Crippen molar-refractivity contribution in [2.75, 3.05) is 13.9 Å². The first-order valence-electron chi connectivity index (χ1n) is 8.26. The lowest BCUT2D eigenvalue weighted by molar-refractivity contribution is -0.803. The number of rotatable bonds is 4. The number of carbonyl (C=O) groups excluding carboxylic acids is 2. The van der Waals surface area contributed by atoms with E-state index in [1.54, 1.807) is 10.8 Å². The molecule has 0 saturated carbocycles. The zero-order valence-corrected chi connectivity index (χ0v) is 14.7. The van der Waals surface area contributed by atoms with E-state index >= 15 is 0 Å². The molecule has 0 amide bonds. The molecule has 3 heterocycles. The predicted octanol–water partition coefficient (Wildman–Crippen LogP) is 2.22. The number of hydrogen-bond donors (Lipinski definition) is 0. The van der Waals surface area contributed by atoms with Crippen molar-refractivity contribution in [3.8, 4) is 11.5 Å². The number of fused-ring (bicyclic) bond motifs is 3. The Kier molecular flexibility index (Phi) is 3.79. The lowest BCUT2D eigenvalue weighted by Crippen LogP contribution is -2.35. The first kappa shape index (κ1) is 16.4. The molecule has 0 saturated heterocycles. The molecule has 26 heavy (non-hydrogen) atoms. The van der Waals surface area contributed by atoms with Crippen LogP contribution in [0.15, 0.2) is 41.2 Å². The maximum absolute atomic E-state index is 12.2. The largest absolute Gasteiger partial charge is 0.463 e. The summed E-state index contributed by atoms with van der Waals surface area (Å²) in [6.45, 7) is 4.10. The Hall–Kier alpha value is -3.09. The number of esters is 1. The van der Waals surface area contributed by atoms with Gasteiger partial charge in [0, 0.05) is 18.6 Å². The molecule has 1 aromatic rings. The number of ether oxygens (including phenoxy) is 3. The Morgan fingerprint density at radius 1 is 1.23 bits per heavy atom. The van der Waals surface area contributed by atoms with E-state index in [4.69, 9.17) is 14.3 Å². The minimum absolute atomic E-state index is 0.117. The minimum atomic E-state index is -0.899. The van der Waals surface area contributed by atoms with Gasteiger partial charge in [-0.1, -0.05) is 0 Å². The molecule has 0 spiro atoms. The topological polar surface area (TPSA) is 74.1 Å². The number of allylic oxidation sites excluding steroid dienone is 3. The molecule has 0 aromatic heterocycles.